The van der Waals surface area contributed by atoms with Crippen molar-refractivity contribution in [3.8, 4) is 0 Å². The fraction of sp³-hybridized carbons (Fsp3) is 0.760. The first-order valence-corrected chi connectivity index (χ1v) is 23.6. The summed E-state index contributed by atoms with van der Waals surface area (Å²) in [4.78, 5) is 25.9. The lowest BCUT2D eigenvalue weighted by Gasteiger charge is -2.24. The average Bonchev–Trinajstić information content (AvgIpc) is 3.19. The Morgan fingerprint density at radius 3 is 1.39 bits per heavy atom. The third-order valence-electron chi connectivity index (χ3n) is 10.5. The van der Waals surface area contributed by atoms with Gasteiger partial charge in [-0.3, -0.25) is 9.59 Å². The Balaban J connectivity index is 4.45. The molecular formula is C50H89NO5. The van der Waals surface area contributed by atoms with Crippen molar-refractivity contribution in [2.45, 2.75) is 238 Å². The predicted molar refractivity (Wildman–Crippen MR) is 241 cm³/mol. The van der Waals surface area contributed by atoms with Gasteiger partial charge in [-0.1, -0.05) is 229 Å². The second kappa shape index (κ2) is 43.7. The number of rotatable bonds is 41. The molecule has 1 amide bonds. The van der Waals surface area contributed by atoms with Crippen LogP contribution in [0.5, 0.6) is 0 Å². The molecule has 0 aromatic carbocycles. The lowest BCUT2D eigenvalue weighted by molar-refractivity contribution is -0.151. The number of nitrogens with one attached hydrogen (secondary N) is 1. The zero-order chi connectivity index (χ0) is 41.0. The van der Waals surface area contributed by atoms with Crippen LogP contribution in [0.1, 0.15) is 220 Å². The number of esters is 1. The second-order valence-corrected chi connectivity index (χ2v) is 15.9. The molecule has 0 spiro atoms. The van der Waals surface area contributed by atoms with Gasteiger partial charge in [0.15, 0.2) is 0 Å². The first-order valence-electron chi connectivity index (χ1n) is 23.6. The van der Waals surface area contributed by atoms with Crippen molar-refractivity contribution in [3.05, 3.63) is 60.8 Å². The van der Waals surface area contributed by atoms with Crippen LogP contribution in [0.15, 0.2) is 60.8 Å². The zero-order valence-electron chi connectivity index (χ0n) is 36.8. The van der Waals surface area contributed by atoms with E-state index in [1.807, 2.05) is 54.7 Å². The summed E-state index contributed by atoms with van der Waals surface area (Å²) in [5, 5.41) is 23.6. The van der Waals surface area contributed by atoms with Gasteiger partial charge in [0.05, 0.1) is 25.2 Å². The zero-order valence-corrected chi connectivity index (χ0v) is 36.8. The van der Waals surface area contributed by atoms with Crippen molar-refractivity contribution in [2.75, 3.05) is 6.61 Å². The average molecular weight is 784 g/mol. The number of carbonyl (C=O) groups excluding carboxylic acids is 2. The van der Waals surface area contributed by atoms with Gasteiger partial charge in [-0.25, -0.2) is 0 Å². The molecule has 0 aliphatic carbocycles. The summed E-state index contributed by atoms with van der Waals surface area (Å²) in [5.41, 5.74) is 0. The quantitative estimate of drug-likeness (QED) is 0.0326. The van der Waals surface area contributed by atoms with Crippen LogP contribution >= 0.6 is 0 Å². The Morgan fingerprint density at radius 1 is 0.536 bits per heavy atom. The van der Waals surface area contributed by atoms with E-state index in [1.165, 1.54) is 116 Å². The molecule has 324 valence electrons. The van der Waals surface area contributed by atoms with Gasteiger partial charge in [0, 0.05) is 6.42 Å². The number of hydrogen-bond acceptors (Lipinski definition) is 5. The fourth-order valence-electron chi connectivity index (χ4n) is 6.93. The number of amides is 1. The number of aliphatic hydroxyl groups excluding tert-OH is 2. The minimum absolute atomic E-state index is 0.0478. The van der Waals surface area contributed by atoms with Gasteiger partial charge in [0.1, 0.15) is 6.10 Å². The summed E-state index contributed by atoms with van der Waals surface area (Å²) in [6, 6.07) is -0.714. The maximum absolute atomic E-state index is 13.1. The van der Waals surface area contributed by atoms with E-state index in [0.29, 0.717) is 25.7 Å². The highest BCUT2D eigenvalue weighted by Gasteiger charge is 2.24. The Hall–Kier alpha value is -2.44. The van der Waals surface area contributed by atoms with Crippen molar-refractivity contribution in [1.82, 2.24) is 5.32 Å². The molecule has 0 saturated heterocycles. The van der Waals surface area contributed by atoms with E-state index in [2.05, 4.69) is 32.2 Å². The molecule has 0 aromatic rings. The molecule has 0 radical (unpaired) electrons. The predicted octanol–water partition coefficient (Wildman–Crippen LogP) is 13.7. The normalized spacial score (nSPS) is 13.9. The fourth-order valence-corrected chi connectivity index (χ4v) is 6.93. The lowest BCUT2D eigenvalue weighted by atomic mass is 10.0. The van der Waals surface area contributed by atoms with Crippen LogP contribution in [0.2, 0.25) is 0 Å². The van der Waals surface area contributed by atoms with Crippen molar-refractivity contribution in [3.63, 3.8) is 0 Å². The molecule has 0 bridgehead atoms. The molecule has 3 atom stereocenters. The van der Waals surface area contributed by atoms with Gasteiger partial charge in [0.25, 0.3) is 0 Å². The topological polar surface area (TPSA) is 95.9 Å². The van der Waals surface area contributed by atoms with Crippen LogP contribution in [-0.2, 0) is 14.3 Å². The number of hydrogen-bond donors (Lipinski definition) is 3. The van der Waals surface area contributed by atoms with Crippen molar-refractivity contribution < 1.29 is 24.5 Å². The standard InChI is InChI=1S/C50H89NO5/c1-4-7-10-13-16-18-20-22-23-24-25-27-28-30-33-36-39-42-48(53)47(45-52)51-49(54)44-46(41-38-35-32-15-12-9-6-3)56-50(55)43-40-37-34-31-29-26-21-19-17-14-11-8-5-2/h8,11,14,17,19,21,26,29,31,34,46-48,52-53H,4-7,9-10,12-13,15-16,18,20,22-25,27-28,30,32-33,35-45H2,1-3H3,(H,51,54)/b11-8+,17-14+,21-19-,29-26-,34-31+. The Bertz CT molecular complexity index is 1010. The Kier molecular flexibility index (Phi) is 41.8. The summed E-state index contributed by atoms with van der Waals surface area (Å²) in [6.45, 7) is 6.28. The van der Waals surface area contributed by atoms with Crippen LogP contribution in [0.4, 0.5) is 0 Å². The smallest absolute Gasteiger partial charge is 0.306 e. The molecule has 0 aromatic heterocycles. The molecule has 0 aliphatic rings. The van der Waals surface area contributed by atoms with Crippen LogP contribution in [-0.4, -0.2) is 46.9 Å². The molecule has 6 nitrogen and oxygen atoms in total. The monoisotopic (exact) mass is 784 g/mol. The van der Waals surface area contributed by atoms with Gasteiger partial charge >= 0.3 is 5.97 Å². The highest BCUT2D eigenvalue weighted by atomic mass is 16.5. The third-order valence-corrected chi connectivity index (χ3v) is 10.5. The summed E-state index contributed by atoms with van der Waals surface area (Å²) in [7, 11) is 0. The largest absolute Gasteiger partial charge is 0.462 e. The maximum Gasteiger partial charge on any atom is 0.306 e. The van der Waals surface area contributed by atoms with E-state index in [-0.39, 0.29) is 24.9 Å². The third kappa shape index (κ3) is 38.4. The molecule has 0 saturated carbocycles. The first kappa shape index (κ1) is 53.6. The Labute approximate surface area is 346 Å². The summed E-state index contributed by atoms with van der Waals surface area (Å²) < 4.78 is 5.83. The lowest BCUT2D eigenvalue weighted by Crippen LogP contribution is -2.46. The summed E-state index contributed by atoms with van der Waals surface area (Å²) in [6.07, 6.45) is 53.0. The van der Waals surface area contributed by atoms with Gasteiger partial charge in [-0.15, -0.1) is 0 Å². The second-order valence-electron chi connectivity index (χ2n) is 15.9. The van der Waals surface area contributed by atoms with Gasteiger partial charge in [-0.05, 0) is 38.5 Å². The minimum Gasteiger partial charge on any atom is -0.462 e. The van der Waals surface area contributed by atoms with E-state index >= 15 is 0 Å². The van der Waals surface area contributed by atoms with Gasteiger partial charge < -0.3 is 20.3 Å². The van der Waals surface area contributed by atoms with E-state index in [0.717, 1.165) is 51.4 Å². The van der Waals surface area contributed by atoms with Crippen LogP contribution in [0, 0.1) is 0 Å². The number of unbranched alkanes of at least 4 members (excludes halogenated alkanes) is 23. The van der Waals surface area contributed by atoms with Crippen LogP contribution in [0.25, 0.3) is 0 Å². The molecule has 56 heavy (non-hydrogen) atoms. The number of ether oxygens (including phenoxy) is 1. The maximum atomic E-state index is 13.1. The number of carbonyl (C=O) groups is 2. The van der Waals surface area contributed by atoms with Gasteiger partial charge in [0.2, 0.25) is 5.91 Å². The van der Waals surface area contributed by atoms with Crippen LogP contribution in [0.3, 0.4) is 0 Å². The van der Waals surface area contributed by atoms with Crippen molar-refractivity contribution in [2.24, 2.45) is 0 Å². The number of allylic oxidation sites excluding steroid dienone is 10. The minimum atomic E-state index is -0.798. The highest BCUT2D eigenvalue weighted by Crippen LogP contribution is 2.17. The molecule has 0 rings (SSSR count). The SMILES string of the molecule is CC/C=C/C=C/C=C\C=C/C=C/CCCC(=O)OC(CCCCCCCCC)CC(=O)NC(CO)C(O)CCCCCCCCCCCCCCCCCCC. The molecule has 6 heteroatoms. The molecular weight excluding hydrogens is 695 g/mol. The Morgan fingerprint density at radius 2 is 0.946 bits per heavy atom. The van der Waals surface area contributed by atoms with Gasteiger partial charge in [-0.2, -0.15) is 0 Å². The van der Waals surface area contributed by atoms with Crippen molar-refractivity contribution >= 4 is 11.9 Å². The molecule has 0 aliphatic heterocycles. The van der Waals surface area contributed by atoms with E-state index in [1.54, 1.807) is 0 Å². The van der Waals surface area contributed by atoms with Crippen LogP contribution < -0.4 is 5.32 Å². The van der Waals surface area contributed by atoms with Crippen molar-refractivity contribution in [1.29, 1.82) is 0 Å². The summed E-state index contributed by atoms with van der Waals surface area (Å²) >= 11 is 0. The summed E-state index contributed by atoms with van der Waals surface area (Å²) in [5.74, 6) is -0.568. The van der Waals surface area contributed by atoms with E-state index in [9.17, 15) is 19.8 Å². The molecule has 0 heterocycles. The van der Waals surface area contributed by atoms with E-state index in [4.69, 9.17) is 4.74 Å². The molecule has 3 N–H and O–H groups in total. The number of aliphatic hydroxyl groups is 2. The highest BCUT2D eigenvalue weighted by molar-refractivity contribution is 5.77. The molecule has 0 fully saturated rings. The molecule has 3 unspecified atom stereocenters. The van der Waals surface area contributed by atoms with E-state index < -0.39 is 18.2 Å². The first-order chi connectivity index (χ1) is 27.5.